The van der Waals surface area contributed by atoms with E-state index in [-0.39, 0.29) is 0 Å². The van der Waals surface area contributed by atoms with Crippen LogP contribution >= 0.6 is 0 Å². The molecule has 0 saturated heterocycles. The molecule has 1 aromatic heterocycles. The molecule has 0 aromatic carbocycles. The van der Waals surface area contributed by atoms with Gasteiger partial charge < -0.3 is 8.88 Å². The predicted molar refractivity (Wildman–Crippen MR) is 63.8 cm³/mol. The second-order valence-electron chi connectivity index (χ2n) is 5.02. The Bertz CT molecular complexity index is 260. The van der Waals surface area contributed by atoms with Crippen LogP contribution in [0.15, 0.2) is 24.5 Å². The first-order chi connectivity index (χ1) is 5.81. The standard InChI is InChI=1S/C9H20N2Si2/c1-12(2,3)10-13(4,5)11-8-6-7-9-11/h6-10H,1-5H3. The van der Waals surface area contributed by atoms with E-state index in [1.54, 1.807) is 0 Å². The van der Waals surface area contributed by atoms with E-state index in [0.717, 1.165) is 0 Å². The fraction of sp³-hybridized carbons (Fsp3) is 0.556. The molecule has 1 aromatic rings. The van der Waals surface area contributed by atoms with E-state index >= 15 is 0 Å². The lowest BCUT2D eigenvalue weighted by molar-refractivity contribution is 1.08. The van der Waals surface area contributed by atoms with Gasteiger partial charge in [0.25, 0.3) is 0 Å². The summed E-state index contributed by atoms with van der Waals surface area (Å²) < 4.78 is 6.19. The minimum absolute atomic E-state index is 1.16. The van der Waals surface area contributed by atoms with E-state index in [0.29, 0.717) is 0 Å². The molecule has 0 spiro atoms. The molecule has 0 amide bonds. The second kappa shape index (κ2) is 3.44. The topological polar surface area (TPSA) is 17.0 Å². The predicted octanol–water partition coefficient (Wildman–Crippen LogP) is 2.46. The van der Waals surface area contributed by atoms with Gasteiger partial charge in [-0.3, -0.25) is 0 Å². The van der Waals surface area contributed by atoms with Crippen LogP contribution in [-0.4, -0.2) is 20.9 Å². The highest BCUT2D eigenvalue weighted by molar-refractivity contribution is 6.89. The molecule has 74 valence electrons. The van der Waals surface area contributed by atoms with Crippen LogP contribution < -0.4 is 4.65 Å². The molecule has 0 fully saturated rings. The highest BCUT2D eigenvalue weighted by Crippen LogP contribution is 2.08. The molecular weight excluding hydrogens is 192 g/mol. The Balaban J connectivity index is 2.78. The van der Waals surface area contributed by atoms with Crippen LogP contribution in [-0.2, 0) is 0 Å². The first-order valence-corrected chi connectivity index (χ1v) is 11.2. The highest BCUT2D eigenvalue weighted by Gasteiger charge is 2.28. The van der Waals surface area contributed by atoms with Crippen molar-refractivity contribution in [3.63, 3.8) is 0 Å². The molecule has 0 aliphatic heterocycles. The summed E-state index contributed by atoms with van der Waals surface area (Å²) in [5.41, 5.74) is 0. The third-order valence-corrected chi connectivity index (χ3v) is 8.97. The molecule has 0 aliphatic carbocycles. The first-order valence-electron chi connectivity index (χ1n) is 4.74. The van der Waals surface area contributed by atoms with Gasteiger partial charge in [-0.15, -0.1) is 0 Å². The SMILES string of the molecule is C[Si](C)(C)N[Si](C)(C)n1cccc1. The smallest absolute Gasteiger partial charge is 0.223 e. The van der Waals surface area contributed by atoms with Gasteiger partial charge in [0.1, 0.15) is 8.24 Å². The minimum Gasteiger partial charge on any atom is -0.368 e. The Hall–Kier alpha value is -0.326. The number of hydrogen-bond donors (Lipinski definition) is 1. The third-order valence-electron chi connectivity index (χ3n) is 1.93. The molecule has 0 atom stereocenters. The lowest BCUT2D eigenvalue weighted by Gasteiger charge is -2.32. The summed E-state index contributed by atoms with van der Waals surface area (Å²) in [6, 6.07) is 4.20. The summed E-state index contributed by atoms with van der Waals surface area (Å²) in [6.45, 7) is 11.8. The number of hydrogen-bond acceptors (Lipinski definition) is 1. The Morgan fingerprint density at radius 3 is 1.77 bits per heavy atom. The minimum atomic E-state index is -1.43. The van der Waals surface area contributed by atoms with E-state index in [9.17, 15) is 0 Å². The Labute approximate surface area is 83.2 Å². The molecule has 0 bridgehead atoms. The zero-order valence-electron chi connectivity index (χ0n) is 9.26. The molecule has 1 N–H and O–H groups in total. The van der Waals surface area contributed by atoms with E-state index < -0.39 is 16.6 Å². The van der Waals surface area contributed by atoms with E-state index in [4.69, 9.17) is 0 Å². The van der Waals surface area contributed by atoms with Crippen LogP contribution in [0.3, 0.4) is 0 Å². The molecule has 1 rings (SSSR count). The maximum Gasteiger partial charge on any atom is 0.223 e. The van der Waals surface area contributed by atoms with Gasteiger partial charge in [0, 0.05) is 0 Å². The molecule has 2 nitrogen and oxygen atoms in total. The van der Waals surface area contributed by atoms with Gasteiger partial charge in [-0.25, -0.2) is 0 Å². The third kappa shape index (κ3) is 3.13. The van der Waals surface area contributed by atoms with Gasteiger partial charge in [-0.1, -0.05) is 19.6 Å². The lowest BCUT2D eigenvalue weighted by Crippen LogP contribution is -2.61. The fourth-order valence-electron chi connectivity index (χ4n) is 1.69. The molecule has 1 heterocycles. The van der Waals surface area contributed by atoms with Crippen molar-refractivity contribution in [1.29, 1.82) is 0 Å². The van der Waals surface area contributed by atoms with Crippen molar-refractivity contribution in [1.82, 2.24) is 8.88 Å². The molecule has 0 unspecified atom stereocenters. The fourth-order valence-corrected chi connectivity index (χ4v) is 10.5. The van der Waals surface area contributed by atoms with Gasteiger partial charge in [0.15, 0.2) is 0 Å². The van der Waals surface area contributed by atoms with Crippen molar-refractivity contribution in [2.24, 2.45) is 0 Å². The van der Waals surface area contributed by atoms with Crippen molar-refractivity contribution in [2.75, 3.05) is 0 Å². The maximum atomic E-state index is 3.84. The average Bonchev–Trinajstić information content (AvgIpc) is 2.29. The average molecular weight is 212 g/mol. The highest BCUT2D eigenvalue weighted by atomic mass is 28.4. The van der Waals surface area contributed by atoms with Crippen LogP contribution in [0.4, 0.5) is 0 Å². The van der Waals surface area contributed by atoms with Crippen LogP contribution in [0.1, 0.15) is 0 Å². The Kier molecular flexibility index (Phi) is 2.84. The largest absolute Gasteiger partial charge is 0.368 e. The Morgan fingerprint density at radius 2 is 1.38 bits per heavy atom. The summed E-state index contributed by atoms with van der Waals surface area (Å²) in [7, 11) is -2.59. The summed E-state index contributed by atoms with van der Waals surface area (Å²) in [4.78, 5) is 0. The van der Waals surface area contributed by atoms with E-state index in [1.165, 1.54) is 0 Å². The number of nitrogens with one attached hydrogen (secondary N) is 1. The van der Waals surface area contributed by atoms with Crippen LogP contribution in [0.2, 0.25) is 32.7 Å². The summed E-state index contributed by atoms with van der Waals surface area (Å²) in [5, 5.41) is 0. The number of nitrogens with zero attached hydrogens (tertiary/aromatic N) is 1. The van der Waals surface area contributed by atoms with Crippen molar-refractivity contribution in [2.45, 2.75) is 32.7 Å². The molecule has 13 heavy (non-hydrogen) atoms. The van der Waals surface area contributed by atoms with Crippen LogP contribution in [0, 0.1) is 0 Å². The van der Waals surface area contributed by atoms with Crippen molar-refractivity contribution < 1.29 is 0 Å². The monoisotopic (exact) mass is 212 g/mol. The lowest BCUT2D eigenvalue weighted by atomic mass is 10.7. The maximum absolute atomic E-state index is 3.84. The number of rotatable bonds is 3. The Morgan fingerprint density at radius 1 is 0.923 bits per heavy atom. The van der Waals surface area contributed by atoms with Gasteiger partial charge in [0.05, 0.1) is 0 Å². The molecule has 0 saturated carbocycles. The molecule has 4 heteroatoms. The van der Waals surface area contributed by atoms with Gasteiger partial charge in [-0.05, 0) is 37.6 Å². The normalized spacial score (nSPS) is 13.3. The van der Waals surface area contributed by atoms with Crippen molar-refractivity contribution in [3.05, 3.63) is 24.5 Å². The zero-order valence-corrected chi connectivity index (χ0v) is 11.3. The first kappa shape index (κ1) is 10.8. The van der Waals surface area contributed by atoms with Crippen LogP contribution in [0.25, 0.3) is 0 Å². The van der Waals surface area contributed by atoms with Crippen LogP contribution in [0.5, 0.6) is 0 Å². The van der Waals surface area contributed by atoms with Gasteiger partial charge >= 0.3 is 0 Å². The van der Waals surface area contributed by atoms with Crippen molar-refractivity contribution >= 4 is 16.6 Å². The summed E-state index contributed by atoms with van der Waals surface area (Å²) >= 11 is 0. The summed E-state index contributed by atoms with van der Waals surface area (Å²) in [6.07, 6.45) is 4.33. The zero-order chi connectivity index (χ0) is 10.1. The molecular formula is C9H20N2Si2. The quantitative estimate of drug-likeness (QED) is 0.762. The van der Waals surface area contributed by atoms with Gasteiger partial charge in [0.2, 0.25) is 8.40 Å². The second-order valence-corrected chi connectivity index (χ2v) is 14.2. The summed E-state index contributed by atoms with van der Waals surface area (Å²) in [5.74, 6) is 0. The van der Waals surface area contributed by atoms with Crippen molar-refractivity contribution in [3.8, 4) is 0 Å². The molecule has 0 aliphatic rings. The number of aromatic nitrogens is 1. The van der Waals surface area contributed by atoms with E-state index in [2.05, 4.69) is 66.1 Å². The van der Waals surface area contributed by atoms with Gasteiger partial charge in [-0.2, -0.15) is 0 Å². The van der Waals surface area contributed by atoms with E-state index in [1.807, 2.05) is 0 Å². The molecule has 0 radical (unpaired) electrons.